The molecule has 3 heterocycles. The number of aliphatic hydroxyl groups excluding tert-OH is 1. The molecule has 13 nitrogen and oxygen atoms in total. The summed E-state index contributed by atoms with van der Waals surface area (Å²) in [6.45, 7) is -0.270. The summed E-state index contributed by atoms with van der Waals surface area (Å²) in [5.74, 6) is -0.667. The van der Waals surface area contributed by atoms with Crippen molar-refractivity contribution in [3.63, 3.8) is 0 Å². The number of anilines is 2. The van der Waals surface area contributed by atoms with Gasteiger partial charge in [0.25, 0.3) is 5.91 Å². The molecule has 1 amide bonds. The fourth-order valence-corrected chi connectivity index (χ4v) is 4.07. The van der Waals surface area contributed by atoms with E-state index in [0.29, 0.717) is 11.2 Å². The van der Waals surface area contributed by atoms with E-state index in [0.717, 1.165) is 0 Å². The molecule has 1 aromatic carbocycles. The van der Waals surface area contributed by atoms with Crippen LogP contribution in [-0.4, -0.2) is 57.7 Å². The van der Waals surface area contributed by atoms with Crippen molar-refractivity contribution in [1.82, 2.24) is 29.0 Å². The van der Waals surface area contributed by atoms with Gasteiger partial charge in [-0.15, -0.1) is 0 Å². The second-order valence-corrected chi connectivity index (χ2v) is 8.39. The first-order valence-corrected chi connectivity index (χ1v) is 10.7. The number of carbonyl (C=O) groups excluding carboxylic acids is 1. The number of hydrogen-bond donors (Lipinski definition) is 5. The zero-order chi connectivity index (χ0) is 22.2. The summed E-state index contributed by atoms with van der Waals surface area (Å²) in [6, 6.07) is 6.07. The van der Waals surface area contributed by atoms with Crippen LogP contribution in [0.3, 0.4) is 0 Å². The number of aliphatic hydroxyl groups is 1. The van der Waals surface area contributed by atoms with Gasteiger partial charge in [0.05, 0.1) is 24.1 Å². The number of benzene rings is 1. The first-order valence-electron chi connectivity index (χ1n) is 9.18. The lowest BCUT2D eigenvalue weighted by molar-refractivity contribution is -0.0133. The van der Waals surface area contributed by atoms with Gasteiger partial charge < -0.3 is 21.3 Å². The van der Waals surface area contributed by atoms with Gasteiger partial charge in [-0.1, -0.05) is 12.1 Å². The van der Waals surface area contributed by atoms with Crippen molar-refractivity contribution in [3.05, 3.63) is 42.5 Å². The molecular formula is C17H20N8O5S. The van der Waals surface area contributed by atoms with E-state index < -0.39 is 34.6 Å². The predicted octanol–water partition coefficient (Wildman–Crippen LogP) is -1.10. The molecule has 3 atom stereocenters. The van der Waals surface area contributed by atoms with E-state index in [1.807, 2.05) is 4.72 Å². The number of para-hydroxylation sites is 1. The van der Waals surface area contributed by atoms with E-state index in [2.05, 4.69) is 19.7 Å². The third-order valence-electron chi connectivity index (χ3n) is 4.81. The van der Waals surface area contributed by atoms with Crippen LogP contribution in [-0.2, 0) is 14.9 Å². The molecule has 0 saturated carbocycles. The van der Waals surface area contributed by atoms with E-state index in [1.165, 1.54) is 24.8 Å². The van der Waals surface area contributed by atoms with Gasteiger partial charge in [-0.05, 0) is 12.1 Å². The van der Waals surface area contributed by atoms with E-state index in [4.69, 9.17) is 16.2 Å². The van der Waals surface area contributed by atoms with Gasteiger partial charge in [-0.25, -0.2) is 19.7 Å². The number of rotatable bonds is 6. The maximum Gasteiger partial charge on any atom is 0.301 e. The van der Waals surface area contributed by atoms with Gasteiger partial charge in [0.15, 0.2) is 11.5 Å². The van der Waals surface area contributed by atoms with Crippen LogP contribution in [0.4, 0.5) is 11.5 Å². The molecule has 14 heteroatoms. The van der Waals surface area contributed by atoms with Crippen LogP contribution < -0.4 is 20.9 Å². The van der Waals surface area contributed by atoms with Crippen molar-refractivity contribution in [3.8, 4) is 0 Å². The Morgan fingerprint density at radius 2 is 2.03 bits per heavy atom. The fraction of sp³-hybridized carbons (Fsp3) is 0.294. The monoisotopic (exact) mass is 448 g/mol. The van der Waals surface area contributed by atoms with Gasteiger partial charge in [0.2, 0.25) is 0 Å². The third-order valence-corrected chi connectivity index (χ3v) is 5.81. The Balaban J connectivity index is 1.40. The molecule has 1 fully saturated rings. The SMILES string of the molecule is Nc1ccccc1C(=O)NS(=O)(=O)NC[C@H]1O[C@@H](n2cnc3c(N)ncnc32)C[C@@H]1O. The lowest BCUT2D eigenvalue weighted by atomic mass is 10.2. The van der Waals surface area contributed by atoms with Crippen LogP contribution >= 0.6 is 0 Å². The molecule has 0 unspecified atom stereocenters. The molecule has 0 spiro atoms. The number of amides is 1. The molecule has 2 aromatic heterocycles. The smallest absolute Gasteiger partial charge is 0.301 e. The first kappa shape index (κ1) is 20.9. The standard InChI is InChI=1S/C17H20N8O5S/c18-10-4-2-1-3-9(10)17(27)24-31(28,29)23-6-12-11(26)5-13(30-12)25-8-22-14-15(19)20-7-21-16(14)25/h1-4,7-8,11-13,23,26H,5-6,18H2,(H,24,27)(H2,19,20,21)/t11-,12+,13+/m0/s1. The predicted molar refractivity (Wildman–Crippen MR) is 110 cm³/mol. The Morgan fingerprint density at radius 3 is 2.81 bits per heavy atom. The second kappa shape index (κ2) is 8.07. The number of nitrogens with zero attached hydrogens (tertiary/aromatic N) is 4. The molecule has 1 aliphatic heterocycles. The number of imidazole rings is 1. The van der Waals surface area contributed by atoms with Crippen LogP contribution in [0.15, 0.2) is 36.9 Å². The fourth-order valence-electron chi connectivity index (χ4n) is 3.26. The molecule has 31 heavy (non-hydrogen) atoms. The number of ether oxygens (including phenoxy) is 1. The number of carbonyl (C=O) groups is 1. The molecule has 3 aromatic rings. The maximum absolute atomic E-state index is 12.2. The Hall–Kier alpha value is -3.33. The molecule has 0 radical (unpaired) electrons. The van der Waals surface area contributed by atoms with Crippen LogP contribution in [0, 0.1) is 0 Å². The molecular weight excluding hydrogens is 428 g/mol. The largest absolute Gasteiger partial charge is 0.398 e. The molecule has 1 saturated heterocycles. The molecule has 0 aliphatic carbocycles. The summed E-state index contributed by atoms with van der Waals surface area (Å²) in [5, 5.41) is 10.3. The van der Waals surface area contributed by atoms with Crippen molar-refractivity contribution in [1.29, 1.82) is 0 Å². The summed E-state index contributed by atoms with van der Waals surface area (Å²) in [7, 11) is -4.22. The number of nitrogen functional groups attached to an aromatic ring is 2. The van der Waals surface area contributed by atoms with E-state index in [-0.39, 0.29) is 30.0 Å². The Kier molecular flexibility index (Phi) is 5.45. The average Bonchev–Trinajstić information content (AvgIpc) is 3.30. The topological polar surface area (TPSA) is 200 Å². The highest BCUT2D eigenvalue weighted by Crippen LogP contribution is 2.31. The van der Waals surface area contributed by atoms with Gasteiger partial charge in [-0.3, -0.25) is 9.36 Å². The summed E-state index contributed by atoms with van der Waals surface area (Å²) < 4.78 is 35.9. The Labute approximate surface area is 176 Å². The highest BCUT2D eigenvalue weighted by molar-refractivity contribution is 7.88. The van der Waals surface area contributed by atoms with Gasteiger partial charge in [-0.2, -0.15) is 13.1 Å². The lowest BCUT2D eigenvalue weighted by Gasteiger charge is -2.17. The summed E-state index contributed by atoms with van der Waals surface area (Å²) in [5.41, 5.74) is 12.5. The molecule has 164 valence electrons. The highest BCUT2D eigenvalue weighted by atomic mass is 32.2. The lowest BCUT2D eigenvalue weighted by Crippen LogP contribution is -2.45. The van der Waals surface area contributed by atoms with Crippen molar-refractivity contribution < 1.29 is 23.1 Å². The van der Waals surface area contributed by atoms with Crippen LogP contribution in [0.5, 0.6) is 0 Å². The Morgan fingerprint density at radius 1 is 1.26 bits per heavy atom. The Bertz CT molecular complexity index is 1230. The molecule has 0 bridgehead atoms. The van der Waals surface area contributed by atoms with Gasteiger partial charge >= 0.3 is 10.2 Å². The molecule has 4 rings (SSSR count). The maximum atomic E-state index is 12.2. The van der Waals surface area contributed by atoms with E-state index in [9.17, 15) is 18.3 Å². The number of nitrogens with one attached hydrogen (secondary N) is 2. The van der Waals surface area contributed by atoms with Crippen LogP contribution in [0.1, 0.15) is 23.0 Å². The minimum absolute atomic E-state index is 0.0262. The van der Waals surface area contributed by atoms with Crippen molar-refractivity contribution in [2.45, 2.75) is 24.9 Å². The highest BCUT2D eigenvalue weighted by Gasteiger charge is 2.36. The van der Waals surface area contributed by atoms with Crippen LogP contribution in [0.2, 0.25) is 0 Å². The minimum Gasteiger partial charge on any atom is -0.398 e. The van der Waals surface area contributed by atoms with Crippen molar-refractivity contribution in [2.24, 2.45) is 0 Å². The first-order chi connectivity index (χ1) is 14.7. The van der Waals surface area contributed by atoms with Crippen LogP contribution in [0.25, 0.3) is 11.2 Å². The van der Waals surface area contributed by atoms with E-state index >= 15 is 0 Å². The summed E-state index contributed by atoms with van der Waals surface area (Å²) >= 11 is 0. The van der Waals surface area contributed by atoms with Crippen molar-refractivity contribution in [2.75, 3.05) is 18.0 Å². The van der Waals surface area contributed by atoms with E-state index in [1.54, 1.807) is 16.7 Å². The van der Waals surface area contributed by atoms with Gasteiger partial charge in [0, 0.05) is 18.7 Å². The third kappa shape index (κ3) is 4.27. The number of aromatic nitrogens is 4. The average molecular weight is 448 g/mol. The molecule has 7 N–H and O–H groups in total. The zero-order valence-electron chi connectivity index (χ0n) is 16.0. The van der Waals surface area contributed by atoms with Gasteiger partial charge in [0.1, 0.15) is 18.1 Å². The minimum atomic E-state index is -4.22. The summed E-state index contributed by atoms with van der Waals surface area (Å²) in [4.78, 5) is 24.3. The summed E-state index contributed by atoms with van der Waals surface area (Å²) in [6.07, 6.45) is 0.454. The quantitative estimate of drug-likeness (QED) is 0.288. The van der Waals surface area contributed by atoms with Crippen molar-refractivity contribution >= 4 is 38.8 Å². The number of hydrogen-bond acceptors (Lipinski definition) is 10. The zero-order valence-corrected chi connectivity index (χ0v) is 16.9. The second-order valence-electron chi connectivity index (χ2n) is 6.89. The number of fused-ring (bicyclic) bond motifs is 1. The molecule has 1 aliphatic rings. The normalized spacial score (nSPS) is 21.4. The number of nitrogens with two attached hydrogens (primary N) is 2.